The Hall–Kier alpha value is -3.63. The maximum Gasteiger partial charge on any atom is 0.260 e. The Morgan fingerprint density at radius 2 is 1.79 bits per heavy atom. The van der Waals surface area contributed by atoms with Gasteiger partial charge in [0.15, 0.2) is 10.8 Å². The van der Waals surface area contributed by atoms with Crippen molar-refractivity contribution in [2.75, 3.05) is 13.1 Å². The van der Waals surface area contributed by atoms with Crippen LogP contribution in [0.2, 0.25) is 0 Å². The van der Waals surface area contributed by atoms with E-state index >= 15 is 0 Å². The molecule has 0 aliphatic carbocycles. The van der Waals surface area contributed by atoms with Crippen LogP contribution in [0.25, 0.3) is 10.8 Å². The number of pyridine rings is 1. The lowest BCUT2D eigenvalue weighted by molar-refractivity contribution is -0.129. The lowest BCUT2D eigenvalue weighted by atomic mass is 10.00. The first-order valence-electron chi connectivity index (χ1n) is 12.7. The van der Waals surface area contributed by atoms with E-state index in [-0.39, 0.29) is 29.9 Å². The van der Waals surface area contributed by atoms with Gasteiger partial charge in [-0.1, -0.05) is 56.3 Å². The van der Waals surface area contributed by atoms with E-state index in [0.717, 1.165) is 15.1 Å². The van der Waals surface area contributed by atoms with Crippen molar-refractivity contribution in [2.45, 2.75) is 50.2 Å². The molecule has 1 aliphatic rings. The number of carbonyl (C=O) groups is 3. The number of sulfonamides is 1. The molecule has 2 heterocycles. The SMILES string of the molecule is CC(C)C[C@H](NC(=O)c1cccc2ccccc12)C(=O)NC1CCCN(S(=O)(=O)c2ccccn2)CC1=O. The molecule has 0 radical (unpaired) electrons. The second-order valence-electron chi connectivity index (χ2n) is 9.86. The number of ketones is 1. The Morgan fingerprint density at radius 3 is 2.53 bits per heavy atom. The van der Waals surface area contributed by atoms with Gasteiger partial charge in [0, 0.05) is 18.3 Å². The molecular weight excluding hydrogens is 504 g/mol. The molecule has 2 atom stereocenters. The summed E-state index contributed by atoms with van der Waals surface area (Å²) < 4.78 is 27.0. The molecule has 0 saturated carbocycles. The molecule has 10 heteroatoms. The summed E-state index contributed by atoms with van der Waals surface area (Å²) in [7, 11) is -3.94. The first-order chi connectivity index (χ1) is 18.2. The van der Waals surface area contributed by atoms with Gasteiger partial charge in [-0.15, -0.1) is 0 Å². The Labute approximate surface area is 222 Å². The molecule has 200 valence electrons. The van der Waals surface area contributed by atoms with Gasteiger partial charge >= 0.3 is 0 Å². The molecule has 1 aliphatic heterocycles. The third kappa shape index (κ3) is 6.25. The van der Waals surface area contributed by atoms with Crippen LogP contribution in [0, 0.1) is 5.92 Å². The number of Topliss-reactive ketones (excluding diaryl/α,β-unsaturated/α-hetero) is 1. The average molecular weight is 537 g/mol. The summed E-state index contributed by atoms with van der Waals surface area (Å²) in [5, 5.41) is 7.21. The number of nitrogens with zero attached hydrogens (tertiary/aromatic N) is 2. The van der Waals surface area contributed by atoms with Crippen molar-refractivity contribution in [1.82, 2.24) is 19.9 Å². The fraction of sp³-hybridized carbons (Fsp3) is 0.357. The van der Waals surface area contributed by atoms with Crippen LogP contribution in [0.15, 0.2) is 71.9 Å². The molecule has 3 aromatic rings. The number of carbonyl (C=O) groups excluding carboxylic acids is 3. The highest BCUT2D eigenvalue weighted by Crippen LogP contribution is 2.20. The minimum Gasteiger partial charge on any atom is -0.344 e. The highest BCUT2D eigenvalue weighted by atomic mass is 32.2. The summed E-state index contributed by atoms with van der Waals surface area (Å²) in [4.78, 5) is 43.5. The van der Waals surface area contributed by atoms with Gasteiger partial charge in [-0.2, -0.15) is 4.31 Å². The summed E-state index contributed by atoms with van der Waals surface area (Å²) in [5.74, 6) is -1.14. The van der Waals surface area contributed by atoms with Crippen molar-refractivity contribution in [3.05, 3.63) is 72.4 Å². The zero-order chi connectivity index (χ0) is 27.3. The van der Waals surface area contributed by atoms with Crippen LogP contribution in [0.4, 0.5) is 0 Å². The van der Waals surface area contributed by atoms with Crippen LogP contribution in [0.1, 0.15) is 43.5 Å². The van der Waals surface area contributed by atoms with Crippen molar-refractivity contribution < 1.29 is 22.8 Å². The second kappa shape index (κ2) is 11.8. The van der Waals surface area contributed by atoms with Crippen LogP contribution < -0.4 is 10.6 Å². The maximum absolute atomic E-state index is 13.3. The van der Waals surface area contributed by atoms with Crippen LogP contribution in [-0.4, -0.2) is 60.5 Å². The molecule has 4 rings (SSSR count). The predicted molar refractivity (Wildman–Crippen MR) is 144 cm³/mol. The normalized spacial score (nSPS) is 17.7. The van der Waals surface area contributed by atoms with Gasteiger partial charge < -0.3 is 10.6 Å². The zero-order valence-corrected chi connectivity index (χ0v) is 22.3. The minimum atomic E-state index is -3.94. The Bertz CT molecular complexity index is 1420. The zero-order valence-electron chi connectivity index (χ0n) is 21.5. The molecule has 1 saturated heterocycles. The third-order valence-corrected chi connectivity index (χ3v) is 8.30. The van der Waals surface area contributed by atoms with Crippen molar-refractivity contribution >= 4 is 38.4 Å². The second-order valence-corrected chi connectivity index (χ2v) is 11.7. The Kier molecular flexibility index (Phi) is 8.53. The third-order valence-electron chi connectivity index (χ3n) is 6.54. The highest BCUT2D eigenvalue weighted by molar-refractivity contribution is 7.89. The van der Waals surface area contributed by atoms with Crippen LogP contribution in [-0.2, 0) is 19.6 Å². The Balaban J connectivity index is 1.47. The largest absolute Gasteiger partial charge is 0.344 e. The van der Waals surface area contributed by atoms with Gasteiger partial charge in [-0.05, 0) is 54.2 Å². The number of benzene rings is 2. The van der Waals surface area contributed by atoms with Gasteiger partial charge in [0.1, 0.15) is 6.04 Å². The molecular formula is C28H32N4O5S. The van der Waals surface area contributed by atoms with E-state index < -0.39 is 33.8 Å². The van der Waals surface area contributed by atoms with Crippen LogP contribution in [0.5, 0.6) is 0 Å². The van der Waals surface area contributed by atoms with E-state index in [1.165, 1.54) is 12.3 Å². The molecule has 9 nitrogen and oxygen atoms in total. The van der Waals surface area contributed by atoms with Crippen molar-refractivity contribution in [3.63, 3.8) is 0 Å². The van der Waals surface area contributed by atoms with Gasteiger partial charge in [-0.3, -0.25) is 14.4 Å². The van der Waals surface area contributed by atoms with E-state index in [4.69, 9.17) is 0 Å². The number of hydrogen-bond acceptors (Lipinski definition) is 6. The van der Waals surface area contributed by atoms with Crippen molar-refractivity contribution in [1.29, 1.82) is 0 Å². The van der Waals surface area contributed by atoms with E-state index in [1.54, 1.807) is 24.3 Å². The monoisotopic (exact) mass is 536 g/mol. The summed E-state index contributed by atoms with van der Waals surface area (Å²) in [6.45, 7) is 3.67. The molecule has 2 N–H and O–H groups in total. The first-order valence-corrected chi connectivity index (χ1v) is 14.1. The highest BCUT2D eigenvalue weighted by Gasteiger charge is 2.35. The van der Waals surface area contributed by atoms with Gasteiger partial charge in [0.25, 0.3) is 15.9 Å². The number of aromatic nitrogens is 1. The summed E-state index contributed by atoms with van der Waals surface area (Å²) in [6, 6.07) is 15.8. The minimum absolute atomic E-state index is 0.0995. The number of nitrogens with one attached hydrogen (secondary N) is 2. The van der Waals surface area contributed by atoms with E-state index in [9.17, 15) is 22.8 Å². The summed E-state index contributed by atoms with van der Waals surface area (Å²) in [6.07, 6.45) is 2.45. The van der Waals surface area contributed by atoms with Crippen molar-refractivity contribution in [2.24, 2.45) is 5.92 Å². The van der Waals surface area contributed by atoms with Crippen LogP contribution >= 0.6 is 0 Å². The molecule has 1 aromatic heterocycles. The number of hydrogen-bond donors (Lipinski definition) is 2. The molecule has 1 fully saturated rings. The maximum atomic E-state index is 13.3. The van der Waals surface area contributed by atoms with Crippen molar-refractivity contribution in [3.8, 4) is 0 Å². The fourth-order valence-corrected chi connectivity index (χ4v) is 6.00. The summed E-state index contributed by atoms with van der Waals surface area (Å²) in [5.41, 5.74) is 0.463. The number of amides is 2. The first kappa shape index (κ1) is 27.4. The fourth-order valence-electron chi connectivity index (χ4n) is 4.62. The van der Waals surface area contributed by atoms with E-state index in [1.807, 2.05) is 44.2 Å². The lowest BCUT2D eigenvalue weighted by Crippen LogP contribution is -2.52. The summed E-state index contributed by atoms with van der Waals surface area (Å²) >= 11 is 0. The lowest BCUT2D eigenvalue weighted by Gasteiger charge is -2.24. The molecule has 0 spiro atoms. The molecule has 2 aromatic carbocycles. The molecule has 1 unspecified atom stereocenters. The van der Waals surface area contributed by atoms with Crippen LogP contribution in [0.3, 0.4) is 0 Å². The average Bonchev–Trinajstić information content (AvgIpc) is 3.09. The smallest absolute Gasteiger partial charge is 0.260 e. The van der Waals surface area contributed by atoms with Gasteiger partial charge in [0.05, 0.1) is 12.6 Å². The predicted octanol–water partition coefficient (Wildman–Crippen LogP) is 2.92. The number of fused-ring (bicyclic) bond motifs is 1. The topological polar surface area (TPSA) is 126 Å². The molecule has 2 amide bonds. The van der Waals surface area contributed by atoms with Gasteiger partial charge in [0.2, 0.25) is 5.91 Å². The molecule has 38 heavy (non-hydrogen) atoms. The Morgan fingerprint density at radius 1 is 1.05 bits per heavy atom. The number of rotatable bonds is 8. The standard InChI is InChI=1S/C28H32N4O5S/c1-19(2)17-24(31-27(34)22-12-7-10-20-9-3-4-11-21(20)22)28(35)30-23-13-8-16-32(18-25(23)33)38(36,37)26-14-5-6-15-29-26/h3-7,9-12,14-15,19,23-24H,8,13,16-18H2,1-2H3,(H,30,35)(H,31,34)/t23?,24-/m0/s1. The van der Waals surface area contributed by atoms with E-state index in [0.29, 0.717) is 24.8 Å². The van der Waals surface area contributed by atoms with E-state index in [2.05, 4.69) is 15.6 Å². The quantitative estimate of drug-likeness (QED) is 0.456. The molecule has 0 bridgehead atoms. The van der Waals surface area contributed by atoms with Gasteiger partial charge in [-0.25, -0.2) is 13.4 Å².